The third kappa shape index (κ3) is 4.09. The quantitative estimate of drug-likeness (QED) is 0.583. The fourth-order valence-corrected chi connectivity index (χ4v) is 5.22. The number of piperidine rings is 3. The number of para-hydroxylation sites is 1. The maximum Gasteiger partial charge on any atom is 0.118 e. The Labute approximate surface area is 179 Å². The van der Waals surface area contributed by atoms with Crippen molar-refractivity contribution >= 4 is 10.9 Å². The molecular formula is C25H32N4O. The number of benzene rings is 2. The van der Waals surface area contributed by atoms with Crippen molar-refractivity contribution in [3.8, 4) is 5.75 Å². The van der Waals surface area contributed by atoms with Crippen LogP contribution < -0.4 is 10.1 Å². The molecule has 0 radical (unpaired) electrons. The molecule has 0 aliphatic carbocycles. The summed E-state index contributed by atoms with van der Waals surface area (Å²) in [6.07, 6.45) is 3.76. The van der Waals surface area contributed by atoms with Crippen LogP contribution in [0.5, 0.6) is 5.75 Å². The monoisotopic (exact) mass is 404 g/mol. The van der Waals surface area contributed by atoms with E-state index in [0.717, 1.165) is 43.6 Å². The molecule has 5 nitrogen and oxygen atoms in total. The van der Waals surface area contributed by atoms with Crippen molar-refractivity contribution in [2.45, 2.75) is 25.8 Å². The average molecular weight is 405 g/mol. The van der Waals surface area contributed by atoms with E-state index in [0.29, 0.717) is 0 Å². The number of aromatic nitrogens is 2. The lowest BCUT2D eigenvalue weighted by molar-refractivity contribution is 0.0512. The fourth-order valence-electron chi connectivity index (χ4n) is 5.22. The molecule has 5 heteroatoms. The van der Waals surface area contributed by atoms with Gasteiger partial charge in [-0.2, -0.15) is 5.10 Å². The highest BCUT2D eigenvalue weighted by Gasteiger charge is 2.33. The van der Waals surface area contributed by atoms with Gasteiger partial charge in [-0.25, -0.2) is 0 Å². The molecule has 1 atom stereocenters. The Balaban J connectivity index is 1.23. The van der Waals surface area contributed by atoms with Crippen molar-refractivity contribution in [3.63, 3.8) is 0 Å². The van der Waals surface area contributed by atoms with Crippen molar-refractivity contribution in [1.82, 2.24) is 20.0 Å². The first-order chi connectivity index (χ1) is 14.8. The third-order valence-electron chi connectivity index (χ3n) is 6.96. The van der Waals surface area contributed by atoms with Crippen LogP contribution in [0.4, 0.5) is 0 Å². The molecule has 1 unspecified atom stereocenters. The van der Waals surface area contributed by atoms with Crippen LogP contribution in [0.2, 0.25) is 0 Å². The van der Waals surface area contributed by atoms with Crippen LogP contribution in [-0.2, 0) is 13.0 Å². The van der Waals surface area contributed by atoms with Crippen LogP contribution in [0.15, 0.2) is 48.5 Å². The summed E-state index contributed by atoms with van der Waals surface area (Å²) in [6, 6.07) is 16.9. The molecular weight excluding hydrogens is 372 g/mol. The summed E-state index contributed by atoms with van der Waals surface area (Å²) < 4.78 is 7.42. The summed E-state index contributed by atoms with van der Waals surface area (Å²) >= 11 is 0. The zero-order valence-corrected chi connectivity index (χ0v) is 17.9. The molecule has 0 spiro atoms. The molecule has 30 heavy (non-hydrogen) atoms. The average Bonchev–Trinajstić information content (AvgIpc) is 3.15. The van der Waals surface area contributed by atoms with Gasteiger partial charge in [0.1, 0.15) is 5.75 Å². The predicted molar refractivity (Wildman–Crippen MR) is 121 cm³/mol. The molecule has 1 N–H and O–H groups in total. The highest BCUT2D eigenvalue weighted by atomic mass is 16.5. The van der Waals surface area contributed by atoms with Gasteiger partial charge in [-0.3, -0.25) is 4.68 Å². The lowest BCUT2D eigenvalue weighted by Crippen LogP contribution is -2.50. The van der Waals surface area contributed by atoms with Crippen LogP contribution in [0.3, 0.4) is 0 Å². The van der Waals surface area contributed by atoms with E-state index < -0.39 is 0 Å². The molecule has 2 bridgehead atoms. The molecule has 0 saturated carbocycles. The van der Waals surface area contributed by atoms with Gasteiger partial charge in [-0.15, -0.1) is 0 Å². The Morgan fingerprint density at radius 1 is 1.07 bits per heavy atom. The smallest absolute Gasteiger partial charge is 0.118 e. The van der Waals surface area contributed by atoms with E-state index >= 15 is 0 Å². The summed E-state index contributed by atoms with van der Waals surface area (Å²) in [5, 5.41) is 10.00. The Morgan fingerprint density at radius 2 is 1.87 bits per heavy atom. The molecule has 3 fully saturated rings. The van der Waals surface area contributed by atoms with E-state index in [1.165, 1.54) is 54.6 Å². The molecule has 6 rings (SSSR count). The lowest BCUT2D eigenvalue weighted by atomic mass is 9.79. The standard InChI is InChI=1S/C25H32N4O/c1-30-22-8-6-19(7-9-22)17-29-25-5-3-2-4-23(25)24(27-29)10-13-26-16-21-18-28-14-11-20(21)12-15-28/h2-9,20-21,26H,10-18H2,1H3. The topological polar surface area (TPSA) is 42.3 Å². The van der Waals surface area contributed by atoms with Crippen molar-refractivity contribution in [1.29, 1.82) is 0 Å². The Hall–Kier alpha value is -2.37. The third-order valence-corrected chi connectivity index (χ3v) is 6.96. The molecule has 3 aliphatic rings. The number of methoxy groups -OCH3 is 1. The summed E-state index contributed by atoms with van der Waals surface area (Å²) in [5.41, 5.74) is 3.64. The van der Waals surface area contributed by atoms with Gasteiger partial charge >= 0.3 is 0 Å². The molecule has 158 valence electrons. The van der Waals surface area contributed by atoms with Gasteiger partial charge in [-0.05, 0) is 68.1 Å². The van der Waals surface area contributed by atoms with Crippen LogP contribution in [0.25, 0.3) is 10.9 Å². The van der Waals surface area contributed by atoms with Gasteiger partial charge in [0.2, 0.25) is 0 Å². The minimum atomic E-state index is 0.775. The summed E-state index contributed by atoms with van der Waals surface area (Å²) in [7, 11) is 1.70. The molecule has 2 aromatic carbocycles. The van der Waals surface area contributed by atoms with E-state index in [2.05, 4.69) is 51.3 Å². The van der Waals surface area contributed by atoms with Crippen molar-refractivity contribution in [3.05, 3.63) is 59.8 Å². The van der Waals surface area contributed by atoms with Crippen molar-refractivity contribution in [2.75, 3.05) is 39.8 Å². The number of hydrogen-bond donors (Lipinski definition) is 1. The van der Waals surface area contributed by atoms with E-state index in [1.54, 1.807) is 7.11 Å². The first-order valence-corrected chi connectivity index (χ1v) is 11.3. The summed E-state index contributed by atoms with van der Waals surface area (Å²) in [6.45, 7) is 6.84. The van der Waals surface area contributed by atoms with Gasteiger partial charge in [0.15, 0.2) is 0 Å². The van der Waals surface area contributed by atoms with Gasteiger partial charge in [0.25, 0.3) is 0 Å². The van der Waals surface area contributed by atoms with E-state index in [9.17, 15) is 0 Å². The van der Waals surface area contributed by atoms with Gasteiger partial charge < -0.3 is 15.0 Å². The number of ether oxygens (including phenoxy) is 1. The minimum absolute atomic E-state index is 0.775. The second-order valence-corrected chi connectivity index (χ2v) is 8.82. The number of nitrogens with zero attached hydrogens (tertiary/aromatic N) is 3. The van der Waals surface area contributed by atoms with Gasteiger partial charge in [0, 0.05) is 24.9 Å². The fraction of sp³-hybridized carbons (Fsp3) is 0.480. The van der Waals surface area contributed by atoms with Crippen LogP contribution in [0.1, 0.15) is 24.1 Å². The van der Waals surface area contributed by atoms with E-state index in [-0.39, 0.29) is 0 Å². The number of fused-ring (bicyclic) bond motifs is 4. The van der Waals surface area contributed by atoms with Crippen LogP contribution in [0, 0.1) is 11.8 Å². The van der Waals surface area contributed by atoms with Crippen molar-refractivity contribution in [2.24, 2.45) is 11.8 Å². The number of rotatable bonds is 8. The Bertz CT molecular complexity index is 972. The Kier molecular flexibility index (Phi) is 5.73. The number of hydrogen-bond acceptors (Lipinski definition) is 4. The van der Waals surface area contributed by atoms with Gasteiger partial charge in [-0.1, -0.05) is 30.3 Å². The highest BCUT2D eigenvalue weighted by Crippen LogP contribution is 2.31. The molecule has 3 aromatic rings. The van der Waals surface area contributed by atoms with E-state index in [1.807, 2.05) is 12.1 Å². The molecule has 3 saturated heterocycles. The first-order valence-electron chi connectivity index (χ1n) is 11.3. The maximum absolute atomic E-state index is 5.28. The molecule has 1 aromatic heterocycles. The molecule has 4 heterocycles. The number of nitrogens with one attached hydrogen (secondary N) is 1. The molecule has 0 amide bonds. The lowest BCUT2D eigenvalue weighted by Gasteiger charge is -2.45. The van der Waals surface area contributed by atoms with E-state index in [4.69, 9.17) is 9.84 Å². The Morgan fingerprint density at radius 3 is 2.60 bits per heavy atom. The summed E-state index contributed by atoms with van der Waals surface area (Å²) in [5.74, 6) is 2.66. The van der Waals surface area contributed by atoms with Crippen LogP contribution in [-0.4, -0.2) is 54.5 Å². The zero-order chi connectivity index (χ0) is 20.3. The van der Waals surface area contributed by atoms with Crippen LogP contribution >= 0.6 is 0 Å². The minimum Gasteiger partial charge on any atom is -0.497 e. The zero-order valence-electron chi connectivity index (χ0n) is 17.9. The molecule has 3 aliphatic heterocycles. The predicted octanol–water partition coefficient (Wildman–Crippen LogP) is 3.57. The normalized spacial score (nSPS) is 23.2. The maximum atomic E-state index is 5.28. The first kappa shape index (κ1) is 19.6. The highest BCUT2D eigenvalue weighted by molar-refractivity contribution is 5.82. The summed E-state index contributed by atoms with van der Waals surface area (Å²) in [4.78, 5) is 2.64. The van der Waals surface area contributed by atoms with Gasteiger partial charge in [0.05, 0.1) is 24.9 Å². The van der Waals surface area contributed by atoms with Crippen molar-refractivity contribution < 1.29 is 4.74 Å². The second-order valence-electron chi connectivity index (χ2n) is 8.82. The SMILES string of the molecule is COc1ccc(Cn2nc(CCNCC3CN4CCC3CC4)c3ccccc32)cc1. The largest absolute Gasteiger partial charge is 0.497 e. The second kappa shape index (κ2) is 8.78.